The fourth-order valence-electron chi connectivity index (χ4n) is 2.84. The van der Waals surface area contributed by atoms with Crippen LogP contribution in [0.1, 0.15) is 21.8 Å². The van der Waals surface area contributed by atoms with Crippen molar-refractivity contribution >= 4 is 34.7 Å². The second-order valence-electron chi connectivity index (χ2n) is 6.84. The zero-order valence-electron chi connectivity index (χ0n) is 16.6. The highest BCUT2D eigenvalue weighted by molar-refractivity contribution is 6.02. The topological polar surface area (TPSA) is 92.1 Å². The SMILES string of the molecule is Cc1ccc(Nc2nc(C)cc(Nc3ccc(NC(=O)c4ccco4)cc3)n2)cc1. The fraction of sp³-hybridized carbons (Fsp3) is 0.0870. The van der Waals surface area contributed by atoms with Gasteiger partial charge in [-0.15, -0.1) is 0 Å². The molecule has 4 rings (SSSR count). The first-order chi connectivity index (χ1) is 14.5. The summed E-state index contributed by atoms with van der Waals surface area (Å²) in [6.07, 6.45) is 1.47. The van der Waals surface area contributed by atoms with Crippen molar-refractivity contribution in [2.45, 2.75) is 13.8 Å². The van der Waals surface area contributed by atoms with Crippen LogP contribution in [0.2, 0.25) is 0 Å². The van der Waals surface area contributed by atoms with E-state index < -0.39 is 0 Å². The largest absolute Gasteiger partial charge is 0.459 e. The van der Waals surface area contributed by atoms with Gasteiger partial charge in [0.05, 0.1) is 6.26 Å². The Labute approximate surface area is 174 Å². The summed E-state index contributed by atoms with van der Waals surface area (Å²) in [6.45, 7) is 3.96. The molecule has 0 atom stereocenters. The second-order valence-corrected chi connectivity index (χ2v) is 6.84. The molecule has 150 valence electrons. The van der Waals surface area contributed by atoms with Gasteiger partial charge < -0.3 is 20.4 Å². The van der Waals surface area contributed by atoms with Crippen LogP contribution in [0.5, 0.6) is 0 Å². The summed E-state index contributed by atoms with van der Waals surface area (Å²) >= 11 is 0. The van der Waals surface area contributed by atoms with Crippen LogP contribution in [-0.2, 0) is 0 Å². The number of aryl methyl sites for hydroxylation is 2. The molecule has 0 aliphatic heterocycles. The fourth-order valence-corrected chi connectivity index (χ4v) is 2.84. The van der Waals surface area contributed by atoms with Crippen LogP contribution >= 0.6 is 0 Å². The number of benzene rings is 2. The van der Waals surface area contributed by atoms with Gasteiger partial charge in [0.15, 0.2) is 5.76 Å². The van der Waals surface area contributed by atoms with E-state index >= 15 is 0 Å². The van der Waals surface area contributed by atoms with Crippen LogP contribution in [0.3, 0.4) is 0 Å². The van der Waals surface area contributed by atoms with Crippen LogP contribution in [0.4, 0.5) is 28.8 Å². The van der Waals surface area contributed by atoms with E-state index in [1.807, 2.05) is 68.4 Å². The van der Waals surface area contributed by atoms with Crippen LogP contribution in [0.25, 0.3) is 0 Å². The maximum atomic E-state index is 12.1. The molecule has 30 heavy (non-hydrogen) atoms. The molecule has 7 nitrogen and oxygen atoms in total. The number of rotatable bonds is 6. The van der Waals surface area contributed by atoms with Crippen molar-refractivity contribution < 1.29 is 9.21 Å². The van der Waals surface area contributed by atoms with Gasteiger partial charge in [0.1, 0.15) is 5.82 Å². The van der Waals surface area contributed by atoms with E-state index in [0.29, 0.717) is 17.5 Å². The van der Waals surface area contributed by atoms with Crippen molar-refractivity contribution in [2.75, 3.05) is 16.0 Å². The van der Waals surface area contributed by atoms with E-state index in [1.54, 1.807) is 12.1 Å². The van der Waals surface area contributed by atoms with E-state index in [9.17, 15) is 4.79 Å². The number of hydrogen-bond donors (Lipinski definition) is 3. The normalized spacial score (nSPS) is 10.5. The standard InChI is InChI=1S/C23H21N5O2/c1-15-5-7-19(8-6-15)27-23-24-16(2)14-21(28-23)25-17-9-11-18(12-10-17)26-22(29)20-4-3-13-30-20/h3-14H,1-2H3,(H,26,29)(H2,24,25,27,28). The molecule has 2 heterocycles. The van der Waals surface area contributed by atoms with E-state index in [0.717, 1.165) is 17.1 Å². The zero-order chi connectivity index (χ0) is 20.9. The Bertz CT molecular complexity index is 1140. The van der Waals surface area contributed by atoms with Crippen LogP contribution in [0, 0.1) is 13.8 Å². The lowest BCUT2D eigenvalue weighted by atomic mass is 10.2. The number of amides is 1. The summed E-state index contributed by atoms with van der Waals surface area (Å²) < 4.78 is 5.10. The molecule has 0 unspecified atom stereocenters. The third kappa shape index (κ3) is 4.82. The van der Waals surface area contributed by atoms with Gasteiger partial charge in [-0.1, -0.05) is 17.7 Å². The van der Waals surface area contributed by atoms with Crippen LogP contribution < -0.4 is 16.0 Å². The minimum Gasteiger partial charge on any atom is -0.459 e. The van der Waals surface area contributed by atoms with E-state index in [2.05, 4.69) is 25.9 Å². The van der Waals surface area contributed by atoms with Gasteiger partial charge in [-0.05, 0) is 62.4 Å². The average molecular weight is 399 g/mol. The zero-order valence-corrected chi connectivity index (χ0v) is 16.6. The summed E-state index contributed by atoms with van der Waals surface area (Å²) in [5.74, 6) is 1.16. The number of aromatic nitrogens is 2. The summed E-state index contributed by atoms with van der Waals surface area (Å²) in [5, 5.41) is 9.28. The molecule has 2 aromatic heterocycles. The molecule has 0 aliphatic rings. The predicted octanol–water partition coefficient (Wildman–Crippen LogP) is 5.43. The molecule has 7 heteroatoms. The lowest BCUT2D eigenvalue weighted by Crippen LogP contribution is -2.10. The van der Waals surface area contributed by atoms with Gasteiger partial charge >= 0.3 is 0 Å². The lowest BCUT2D eigenvalue weighted by Gasteiger charge is -2.11. The maximum absolute atomic E-state index is 12.1. The number of hydrogen-bond acceptors (Lipinski definition) is 6. The number of anilines is 5. The van der Waals surface area contributed by atoms with Gasteiger partial charge in [0.25, 0.3) is 5.91 Å². The number of carbonyl (C=O) groups excluding carboxylic acids is 1. The smallest absolute Gasteiger partial charge is 0.291 e. The predicted molar refractivity (Wildman–Crippen MR) is 118 cm³/mol. The Balaban J connectivity index is 1.44. The molecule has 0 radical (unpaired) electrons. The Morgan fingerprint density at radius 1 is 0.833 bits per heavy atom. The molecule has 0 saturated heterocycles. The van der Waals surface area contributed by atoms with E-state index in [4.69, 9.17) is 4.42 Å². The van der Waals surface area contributed by atoms with Crippen LogP contribution in [-0.4, -0.2) is 15.9 Å². The molecule has 0 saturated carbocycles. The molecular formula is C23H21N5O2. The highest BCUT2D eigenvalue weighted by Crippen LogP contribution is 2.21. The van der Waals surface area contributed by atoms with Gasteiger partial charge in [0.2, 0.25) is 5.95 Å². The van der Waals surface area contributed by atoms with Crippen molar-refractivity contribution in [3.05, 3.63) is 90.0 Å². The van der Waals surface area contributed by atoms with E-state index in [-0.39, 0.29) is 11.7 Å². The molecule has 1 amide bonds. The van der Waals surface area contributed by atoms with Crippen molar-refractivity contribution in [3.63, 3.8) is 0 Å². The summed E-state index contributed by atoms with van der Waals surface area (Å²) in [7, 11) is 0. The molecule has 0 aliphatic carbocycles. The first-order valence-electron chi connectivity index (χ1n) is 9.46. The third-order valence-corrected chi connectivity index (χ3v) is 4.32. The molecule has 0 bridgehead atoms. The summed E-state index contributed by atoms with van der Waals surface area (Å²) in [4.78, 5) is 21.0. The molecule has 3 N–H and O–H groups in total. The highest BCUT2D eigenvalue weighted by Gasteiger charge is 2.09. The highest BCUT2D eigenvalue weighted by atomic mass is 16.3. The van der Waals surface area contributed by atoms with Crippen molar-refractivity contribution in [1.82, 2.24) is 9.97 Å². The Kier molecular flexibility index (Phi) is 5.43. The Morgan fingerprint density at radius 2 is 1.50 bits per heavy atom. The molecule has 0 fully saturated rings. The van der Waals surface area contributed by atoms with Crippen molar-refractivity contribution in [3.8, 4) is 0 Å². The summed E-state index contributed by atoms with van der Waals surface area (Å²) in [5.41, 5.74) is 4.46. The Hall–Kier alpha value is -4.13. The maximum Gasteiger partial charge on any atom is 0.291 e. The van der Waals surface area contributed by atoms with Gasteiger partial charge in [-0.25, -0.2) is 4.98 Å². The summed E-state index contributed by atoms with van der Waals surface area (Å²) in [6, 6.07) is 20.5. The van der Waals surface area contributed by atoms with Crippen molar-refractivity contribution in [1.29, 1.82) is 0 Å². The van der Waals surface area contributed by atoms with Gasteiger partial charge in [-0.3, -0.25) is 4.79 Å². The minimum atomic E-state index is -0.293. The van der Waals surface area contributed by atoms with E-state index in [1.165, 1.54) is 11.8 Å². The average Bonchev–Trinajstić information content (AvgIpc) is 3.26. The number of carbonyl (C=O) groups is 1. The number of nitrogens with one attached hydrogen (secondary N) is 3. The third-order valence-electron chi connectivity index (χ3n) is 4.32. The van der Waals surface area contributed by atoms with Gasteiger partial charge in [0, 0.05) is 28.8 Å². The van der Waals surface area contributed by atoms with Gasteiger partial charge in [-0.2, -0.15) is 4.98 Å². The lowest BCUT2D eigenvalue weighted by molar-refractivity contribution is 0.0996. The quantitative estimate of drug-likeness (QED) is 0.401. The molecule has 2 aromatic carbocycles. The molecule has 4 aromatic rings. The first-order valence-corrected chi connectivity index (χ1v) is 9.46. The van der Waals surface area contributed by atoms with Crippen molar-refractivity contribution in [2.24, 2.45) is 0 Å². The number of furan rings is 1. The molecule has 0 spiro atoms. The minimum absolute atomic E-state index is 0.266. The molecular weight excluding hydrogens is 378 g/mol. The Morgan fingerprint density at radius 3 is 2.20 bits per heavy atom. The second kappa shape index (κ2) is 8.48. The monoisotopic (exact) mass is 399 g/mol. The number of nitrogens with zero attached hydrogens (tertiary/aromatic N) is 2. The van der Waals surface area contributed by atoms with Crippen LogP contribution in [0.15, 0.2) is 77.4 Å². The first kappa shape index (κ1) is 19.2.